The molecule has 0 saturated carbocycles. The van der Waals surface area contributed by atoms with E-state index in [1.54, 1.807) is 36.4 Å². The molecule has 3 aromatic carbocycles. The van der Waals surface area contributed by atoms with Gasteiger partial charge in [-0.2, -0.15) is 5.26 Å². The molecule has 0 aliphatic rings. The number of benzene rings is 3. The van der Waals surface area contributed by atoms with Gasteiger partial charge in [0.1, 0.15) is 5.75 Å². The van der Waals surface area contributed by atoms with Crippen molar-refractivity contribution >= 4 is 29.3 Å². The number of carbonyl (C=O) groups is 2. The van der Waals surface area contributed by atoms with Gasteiger partial charge in [-0.25, -0.2) is 4.79 Å². The first-order chi connectivity index (χ1) is 15.5. The zero-order valence-corrected chi connectivity index (χ0v) is 18.6. The molecule has 0 saturated heterocycles. The van der Waals surface area contributed by atoms with Crippen molar-refractivity contribution in [2.75, 3.05) is 19.0 Å². The molecule has 6 nitrogen and oxygen atoms in total. The van der Waals surface area contributed by atoms with Crippen molar-refractivity contribution in [3.63, 3.8) is 0 Å². The molecule has 3 rings (SSSR count). The number of rotatable bonds is 8. The Hall–Kier alpha value is -3.76. The van der Waals surface area contributed by atoms with Gasteiger partial charge >= 0.3 is 5.97 Å². The smallest absolute Gasteiger partial charge is 0.339 e. The van der Waals surface area contributed by atoms with Gasteiger partial charge in [-0.3, -0.25) is 4.79 Å². The zero-order chi connectivity index (χ0) is 22.9. The van der Waals surface area contributed by atoms with Gasteiger partial charge in [0.2, 0.25) is 0 Å². The number of nitrogens with one attached hydrogen (secondary N) is 1. The predicted octanol–water partition coefficient (Wildman–Crippen LogP) is 4.96. The van der Waals surface area contributed by atoms with Gasteiger partial charge in [-0.1, -0.05) is 30.3 Å². The Kier molecular flexibility index (Phi) is 7.90. The van der Waals surface area contributed by atoms with Crippen LogP contribution < -0.4 is 10.1 Å². The van der Waals surface area contributed by atoms with Crippen molar-refractivity contribution in [3.8, 4) is 11.8 Å². The number of esters is 1. The first kappa shape index (κ1) is 22.9. The zero-order valence-electron chi connectivity index (χ0n) is 17.8. The Labute approximate surface area is 191 Å². The van der Waals surface area contributed by atoms with Gasteiger partial charge in [-0.15, -0.1) is 11.8 Å². The van der Waals surface area contributed by atoms with E-state index in [0.29, 0.717) is 28.3 Å². The van der Waals surface area contributed by atoms with Gasteiger partial charge < -0.3 is 14.8 Å². The van der Waals surface area contributed by atoms with Crippen LogP contribution in [-0.2, 0) is 15.3 Å². The molecule has 0 aliphatic heterocycles. The van der Waals surface area contributed by atoms with E-state index in [4.69, 9.17) is 14.7 Å². The maximum Gasteiger partial charge on any atom is 0.339 e. The lowest BCUT2D eigenvalue weighted by Gasteiger charge is -2.12. The molecule has 7 heteroatoms. The van der Waals surface area contributed by atoms with E-state index in [0.717, 1.165) is 16.0 Å². The van der Waals surface area contributed by atoms with Crippen LogP contribution in [-0.4, -0.2) is 25.6 Å². The number of anilines is 1. The minimum atomic E-state index is -0.570. The van der Waals surface area contributed by atoms with Gasteiger partial charge in [-0.05, 0) is 54.4 Å². The summed E-state index contributed by atoms with van der Waals surface area (Å²) in [6.45, 7) is 1.49. The molecule has 162 valence electrons. The molecule has 3 aromatic rings. The highest BCUT2D eigenvalue weighted by Gasteiger charge is 2.16. The average molecular weight is 447 g/mol. The van der Waals surface area contributed by atoms with E-state index in [1.807, 2.05) is 37.3 Å². The Morgan fingerprint density at radius 3 is 2.53 bits per heavy atom. The second-order valence-electron chi connectivity index (χ2n) is 6.92. The number of amides is 1. The SMILES string of the molecule is COc1ccc(C)cc1NC(=O)COC(=O)c1ccccc1SCc1ccc(C#N)cc1. The highest BCUT2D eigenvalue weighted by Crippen LogP contribution is 2.27. The number of hydrogen-bond acceptors (Lipinski definition) is 6. The van der Waals surface area contributed by atoms with Crippen molar-refractivity contribution in [3.05, 3.63) is 89.0 Å². The largest absolute Gasteiger partial charge is 0.495 e. The Morgan fingerprint density at radius 1 is 1.06 bits per heavy atom. The minimum absolute atomic E-state index is 0.395. The van der Waals surface area contributed by atoms with Crippen molar-refractivity contribution in [2.45, 2.75) is 17.6 Å². The molecular weight excluding hydrogens is 424 g/mol. The fourth-order valence-electron chi connectivity index (χ4n) is 2.91. The standard InChI is InChI=1S/C25H22N2O4S/c1-17-7-12-22(30-2)21(13-17)27-24(28)15-31-25(29)20-5-3-4-6-23(20)32-16-19-10-8-18(14-26)9-11-19/h3-13H,15-16H2,1-2H3,(H,27,28). The molecular formula is C25H22N2O4S. The van der Waals surface area contributed by atoms with Crippen molar-refractivity contribution in [2.24, 2.45) is 0 Å². The van der Waals surface area contributed by atoms with Crippen molar-refractivity contribution in [1.29, 1.82) is 5.26 Å². The monoisotopic (exact) mass is 446 g/mol. The number of nitriles is 1. The molecule has 0 atom stereocenters. The second kappa shape index (κ2) is 11.0. The summed E-state index contributed by atoms with van der Waals surface area (Å²) in [6.07, 6.45) is 0. The number of ether oxygens (including phenoxy) is 2. The molecule has 0 aliphatic carbocycles. The molecule has 0 heterocycles. The molecule has 0 spiro atoms. The lowest BCUT2D eigenvalue weighted by Crippen LogP contribution is -2.21. The van der Waals surface area contributed by atoms with Crippen LogP contribution in [0.2, 0.25) is 0 Å². The third-order valence-electron chi connectivity index (χ3n) is 4.55. The van der Waals surface area contributed by atoms with E-state index in [2.05, 4.69) is 11.4 Å². The van der Waals surface area contributed by atoms with Crippen molar-refractivity contribution in [1.82, 2.24) is 0 Å². The Morgan fingerprint density at radius 2 is 1.81 bits per heavy atom. The molecule has 1 amide bonds. The van der Waals surface area contributed by atoms with Crippen LogP contribution in [0, 0.1) is 18.3 Å². The second-order valence-corrected chi connectivity index (χ2v) is 7.94. The fraction of sp³-hybridized carbons (Fsp3) is 0.160. The van der Waals surface area contributed by atoms with E-state index in [1.165, 1.54) is 18.9 Å². The van der Waals surface area contributed by atoms with Crippen LogP contribution in [0.3, 0.4) is 0 Å². The number of aryl methyl sites for hydroxylation is 1. The number of thioether (sulfide) groups is 1. The topological polar surface area (TPSA) is 88.4 Å². The summed E-state index contributed by atoms with van der Waals surface area (Å²) in [5.74, 6) is 0.132. The van der Waals surface area contributed by atoms with E-state index >= 15 is 0 Å². The molecule has 0 fully saturated rings. The maximum atomic E-state index is 12.6. The third kappa shape index (κ3) is 6.13. The highest BCUT2D eigenvalue weighted by molar-refractivity contribution is 7.98. The maximum absolute atomic E-state index is 12.6. The number of hydrogen-bond donors (Lipinski definition) is 1. The van der Waals surface area contributed by atoms with E-state index in [-0.39, 0.29) is 0 Å². The van der Waals surface area contributed by atoms with Crippen LogP contribution >= 0.6 is 11.8 Å². The molecule has 0 bridgehead atoms. The summed E-state index contributed by atoms with van der Waals surface area (Å²) in [7, 11) is 1.52. The van der Waals surface area contributed by atoms with E-state index < -0.39 is 18.5 Å². The summed E-state index contributed by atoms with van der Waals surface area (Å²) in [5, 5.41) is 11.6. The van der Waals surface area contributed by atoms with Gasteiger partial charge in [0.25, 0.3) is 5.91 Å². The van der Waals surface area contributed by atoms with Gasteiger partial charge in [0, 0.05) is 10.6 Å². The van der Waals surface area contributed by atoms with Gasteiger partial charge in [0.15, 0.2) is 6.61 Å². The van der Waals surface area contributed by atoms with E-state index in [9.17, 15) is 9.59 Å². The van der Waals surface area contributed by atoms with Crippen molar-refractivity contribution < 1.29 is 19.1 Å². The van der Waals surface area contributed by atoms with Crippen LogP contribution in [0.4, 0.5) is 5.69 Å². The molecule has 32 heavy (non-hydrogen) atoms. The summed E-state index contributed by atoms with van der Waals surface area (Å²) in [5.41, 5.74) is 3.51. The number of methoxy groups -OCH3 is 1. The van der Waals surface area contributed by atoms with Crippen LogP contribution in [0.15, 0.2) is 71.6 Å². The Balaban J connectivity index is 1.60. The van der Waals surface area contributed by atoms with Crippen LogP contribution in [0.5, 0.6) is 5.75 Å². The molecule has 0 radical (unpaired) electrons. The summed E-state index contributed by atoms with van der Waals surface area (Å²) >= 11 is 1.48. The summed E-state index contributed by atoms with van der Waals surface area (Å²) in [6, 6.07) is 21.9. The number of carbonyl (C=O) groups excluding carboxylic acids is 2. The fourth-order valence-corrected chi connectivity index (χ4v) is 3.91. The first-order valence-corrected chi connectivity index (χ1v) is 10.8. The highest BCUT2D eigenvalue weighted by atomic mass is 32.2. The number of nitrogens with zero attached hydrogens (tertiary/aromatic N) is 1. The van der Waals surface area contributed by atoms with Crippen LogP contribution in [0.1, 0.15) is 27.0 Å². The third-order valence-corrected chi connectivity index (χ3v) is 5.69. The summed E-state index contributed by atoms with van der Waals surface area (Å²) in [4.78, 5) is 25.7. The summed E-state index contributed by atoms with van der Waals surface area (Å²) < 4.78 is 10.5. The molecule has 0 aromatic heterocycles. The Bertz CT molecular complexity index is 1150. The minimum Gasteiger partial charge on any atom is -0.495 e. The normalized spacial score (nSPS) is 10.2. The molecule has 0 unspecified atom stereocenters. The predicted molar refractivity (Wildman–Crippen MR) is 124 cm³/mol. The quantitative estimate of drug-likeness (QED) is 0.389. The van der Waals surface area contributed by atoms with Gasteiger partial charge in [0.05, 0.1) is 30.0 Å². The van der Waals surface area contributed by atoms with Crippen LogP contribution in [0.25, 0.3) is 0 Å². The lowest BCUT2D eigenvalue weighted by molar-refractivity contribution is -0.119. The first-order valence-electron chi connectivity index (χ1n) is 9.82. The lowest BCUT2D eigenvalue weighted by atomic mass is 10.2. The average Bonchev–Trinajstić information content (AvgIpc) is 2.82. The molecule has 1 N–H and O–H groups in total.